The van der Waals surface area contributed by atoms with E-state index in [1.807, 2.05) is 0 Å². The Morgan fingerprint density at radius 2 is 2.00 bits per heavy atom. The Hall–Kier alpha value is -1.89. The minimum Gasteiger partial charge on any atom is -0.353 e. The molecular formula is C20H24ClF2N3O2. The van der Waals surface area contributed by atoms with Gasteiger partial charge in [0.05, 0.1) is 6.04 Å². The molecule has 2 N–H and O–H groups in total. The lowest BCUT2D eigenvalue weighted by Gasteiger charge is -2.42. The molecule has 0 unspecified atom stereocenters. The molecule has 0 radical (unpaired) electrons. The second kappa shape index (κ2) is 7.50. The third kappa shape index (κ3) is 3.56. The monoisotopic (exact) mass is 411 g/mol. The highest BCUT2D eigenvalue weighted by atomic mass is 35.5. The molecule has 4 rings (SSSR count). The van der Waals surface area contributed by atoms with Crippen molar-refractivity contribution in [3.8, 4) is 0 Å². The zero-order valence-electron chi connectivity index (χ0n) is 15.7. The van der Waals surface area contributed by atoms with Gasteiger partial charge >= 0.3 is 6.03 Å². The Bertz CT molecular complexity index is 796. The van der Waals surface area contributed by atoms with Crippen LogP contribution in [0, 0.1) is 29.4 Å². The number of rotatable bonds is 4. The van der Waals surface area contributed by atoms with E-state index in [1.165, 1.54) is 23.8 Å². The number of hydrogen-bond donors (Lipinski definition) is 2. The van der Waals surface area contributed by atoms with Crippen LogP contribution in [0.5, 0.6) is 0 Å². The summed E-state index contributed by atoms with van der Waals surface area (Å²) in [4.78, 5) is 26.2. The van der Waals surface area contributed by atoms with Gasteiger partial charge in [-0.2, -0.15) is 0 Å². The van der Waals surface area contributed by atoms with Gasteiger partial charge < -0.3 is 15.5 Å². The summed E-state index contributed by atoms with van der Waals surface area (Å²) in [5.74, 6) is -0.431. The number of nitrogens with zero attached hydrogens (tertiary/aromatic N) is 1. The Labute approximate surface area is 167 Å². The SMILES string of the molecule is C[C@@H]1C(=O)NCCN1C(=O)N[C@@H](c1ccc(F)c(Cl)c1F)C1CC(C2CC2)C1. The van der Waals surface area contributed by atoms with Gasteiger partial charge in [0.15, 0.2) is 0 Å². The van der Waals surface area contributed by atoms with E-state index in [-0.39, 0.29) is 17.4 Å². The highest BCUT2D eigenvalue weighted by Crippen LogP contribution is 2.53. The molecule has 1 heterocycles. The molecule has 1 aliphatic heterocycles. The number of carbonyl (C=O) groups is 2. The van der Waals surface area contributed by atoms with Gasteiger partial charge in [0.25, 0.3) is 0 Å². The zero-order valence-corrected chi connectivity index (χ0v) is 16.4. The topological polar surface area (TPSA) is 61.4 Å². The van der Waals surface area contributed by atoms with Gasteiger partial charge in [-0.3, -0.25) is 4.79 Å². The van der Waals surface area contributed by atoms with Crippen LogP contribution in [0.4, 0.5) is 13.6 Å². The van der Waals surface area contributed by atoms with Gasteiger partial charge in [-0.1, -0.05) is 17.7 Å². The van der Waals surface area contributed by atoms with E-state index in [2.05, 4.69) is 10.6 Å². The number of amides is 3. The van der Waals surface area contributed by atoms with Crippen LogP contribution in [-0.4, -0.2) is 36.0 Å². The fraction of sp³-hybridized carbons (Fsp3) is 0.600. The lowest BCUT2D eigenvalue weighted by molar-refractivity contribution is -0.127. The molecule has 28 heavy (non-hydrogen) atoms. The Kier molecular flexibility index (Phi) is 5.21. The Morgan fingerprint density at radius 3 is 2.68 bits per heavy atom. The molecule has 5 nitrogen and oxygen atoms in total. The Morgan fingerprint density at radius 1 is 1.29 bits per heavy atom. The first-order chi connectivity index (χ1) is 13.4. The second-order valence-corrected chi connectivity index (χ2v) is 8.56. The number of piperazine rings is 1. The summed E-state index contributed by atoms with van der Waals surface area (Å²) in [6.45, 7) is 2.42. The van der Waals surface area contributed by atoms with E-state index in [0.29, 0.717) is 19.0 Å². The summed E-state index contributed by atoms with van der Waals surface area (Å²) in [7, 11) is 0. The quantitative estimate of drug-likeness (QED) is 0.743. The van der Waals surface area contributed by atoms with E-state index < -0.39 is 34.8 Å². The molecule has 3 amide bonds. The molecule has 1 aromatic carbocycles. The van der Waals surface area contributed by atoms with Gasteiger partial charge in [-0.05, 0) is 56.4 Å². The van der Waals surface area contributed by atoms with E-state index in [9.17, 15) is 18.4 Å². The third-order valence-electron chi connectivity index (χ3n) is 6.41. The van der Waals surface area contributed by atoms with Crippen molar-refractivity contribution in [2.45, 2.75) is 44.7 Å². The summed E-state index contributed by atoms with van der Waals surface area (Å²) < 4.78 is 28.4. The molecule has 152 valence electrons. The fourth-order valence-corrected chi connectivity index (χ4v) is 4.61. The van der Waals surface area contributed by atoms with Gasteiger partial charge in [0.2, 0.25) is 5.91 Å². The van der Waals surface area contributed by atoms with Crippen molar-refractivity contribution in [1.29, 1.82) is 0 Å². The molecule has 2 saturated carbocycles. The van der Waals surface area contributed by atoms with Crippen LogP contribution in [-0.2, 0) is 4.79 Å². The number of urea groups is 1. The van der Waals surface area contributed by atoms with Gasteiger partial charge in [-0.15, -0.1) is 0 Å². The van der Waals surface area contributed by atoms with Crippen LogP contribution in [0.3, 0.4) is 0 Å². The molecule has 1 saturated heterocycles. The van der Waals surface area contributed by atoms with Crippen LogP contribution < -0.4 is 10.6 Å². The molecule has 3 aliphatic rings. The predicted molar refractivity (Wildman–Crippen MR) is 101 cm³/mol. The standard InChI is InChI=1S/C20H24ClF2N3O2/c1-10-19(27)24-6-7-26(10)20(28)25-18(13-8-12(9-13)11-2-3-11)14-4-5-15(22)16(21)17(14)23/h4-5,10-13,18H,2-3,6-9H2,1H3,(H,24,27)(H,25,28)/t10-,12?,13?,18-/m1/s1. The first-order valence-electron chi connectivity index (χ1n) is 9.85. The molecule has 2 aliphatic carbocycles. The van der Waals surface area contributed by atoms with Crippen LogP contribution >= 0.6 is 11.6 Å². The van der Waals surface area contributed by atoms with Crippen molar-refractivity contribution in [2.24, 2.45) is 17.8 Å². The summed E-state index contributed by atoms with van der Waals surface area (Å²) in [6, 6.07) is 0.878. The van der Waals surface area contributed by atoms with Gasteiger partial charge in [0.1, 0.15) is 22.7 Å². The van der Waals surface area contributed by atoms with E-state index >= 15 is 0 Å². The predicted octanol–water partition coefficient (Wildman–Crippen LogP) is 3.63. The van der Waals surface area contributed by atoms with Gasteiger partial charge in [0, 0.05) is 18.7 Å². The average Bonchev–Trinajstić information content (AvgIpc) is 3.45. The number of hydrogen-bond acceptors (Lipinski definition) is 2. The molecule has 8 heteroatoms. The largest absolute Gasteiger partial charge is 0.353 e. The average molecular weight is 412 g/mol. The molecule has 0 aromatic heterocycles. The van der Waals surface area contributed by atoms with Crippen molar-refractivity contribution >= 4 is 23.5 Å². The van der Waals surface area contributed by atoms with Crippen molar-refractivity contribution in [1.82, 2.24) is 15.5 Å². The molecule has 0 spiro atoms. The van der Waals surface area contributed by atoms with E-state index in [4.69, 9.17) is 11.6 Å². The van der Waals surface area contributed by atoms with Crippen molar-refractivity contribution in [3.05, 3.63) is 34.4 Å². The summed E-state index contributed by atoms with van der Waals surface area (Å²) >= 11 is 5.78. The highest BCUT2D eigenvalue weighted by Gasteiger charge is 2.45. The number of halogens is 3. The maximum atomic E-state index is 14.7. The summed E-state index contributed by atoms with van der Waals surface area (Å²) in [5.41, 5.74) is 0.202. The smallest absolute Gasteiger partial charge is 0.318 e. The first-order valence-corrected chi connectivity index (χ1v) is 10.2. The van der Waals surface area contributed by atoms with Crippen LogP contribution in [0.25, 0.3) is 0 Å². The van der Waals surface area contributed by atoms with Crippen molar-refractivity contribution in [3.63, 3.8) is 0 Å². The minimum absolute atomic E-state index is 0.0690. The van der Waals surface area contributed by atoms with Crippen LogP contribution in [0.1, 0.15) is 44.2 Å². The molecular weight excluding hydrogens is 388 g/mol. The van der Waals surface area contributed by atoms with E-state index in [0.717, 1.165) is 24.8 Å². The van der Waals surface area contributed by atoms with Crippen molar-refractivity contribution < 1.29 is 18.4 Å². The lowest BCUT2D eigenvalue weighted by Crippen LogP contribution is -2.59. The first kappa shape index (κ1) is 19.4. The fourth-order valence-electron chi connectivity index (χ4n) is 4.44. The van der Waals surface area contributed by atoms with Gasteiger partial charge in [-0.25, -0.2) is 13.6 Å². The number of carbonyl (C=O) groups excluding carboxylic acids is 2. The lowest BCUT2D eigenvalue weighted by atomic mass is 9.67. The van der Waals surface area contributed by atoms with Crippen LogP contribution in [0.15, 0.2) is 12.1 Å². The zero-order chi connectivity index (χ0) is 20.0. The van der Waals surface area contributed by atoms with E-state index in [1.54, 1.807) is 6.92 Å². The number of benzene rings is 1. The third-order valence-corrected chi connectivity index (χ3v) is 6.76. The maximum absolute atomic E-state index is 14.7. The normalized spacial score (nSPS) is 28.4. The molecule has 0 bridgehead atoms. The van der Waals surface area contributed by atoms with Crippen LogP contribution in [0.2, 0.25) is 5.02 Å². The summed E-state index contributed by atoms with van der Waals surface area (Å²) in [5, 5.41) is 5.07. The molecule has 1 aromatic rings. The highest BCUT2D eigenvalue weighted by molar-refractivity contribution is 6.31. The van der Waals surface area contributed by atoms with Crippen molar-refractivity contribution in [2.75, 3.05) is 13.1 Å². The number of nitrogens with one attached hydrogen (secondary N) is 2. The molecule has 2 atom stereocenters. The molecule has 3 fully saturated rings. The Balaban J connectivity index is 1.56. The second-order valence-electron chi connectivity index (χ2n) is 8.18. The summed E-state index contributed by atoms with van der Waals surface area (Å²) in [6.07, 6.45) is 4.29. The minimum atomic E-state index is -0.828. The maximum Gasteiger partial charge on any atom is 0.318 e.